The molecule has 0 radical (unpaired) electrons. The number of carbonyl (C=O) groups excluding carboxylic acids is 1. The van der Waals surface area contributed by atoms with Crippen molar-refractivity contribution in [3.05, 3.63) is 35.0 Å². The molecule has 2 rings (SSSR count). The van der Waals surface area contributed by atoms with Crippen molar-refractivity contribution >= 4 is 44.1 Å². The average Bonchev–Trinajstić information content (AvgIpc) is 2.88. The molecular weight excluding hydrogens is 360 g/mol. The Morgan fingerprint density at radius 3 is 2.87 bits per heavy atom. The summed E-state index contributed by atoms with van der Waals surface area (Å²) in [5.74, 6) is -0.378. The molecule has 124 valence electrons. The Morgan fingerprint density at radius 2 is 2.17 bits per heavy atom. The number of rotatable bonds is 6. The van der Waals surface area contributed by atoms with E-state index in [0.29, 0.717) is 23.4 Å². The SMILES string of the molecule is CCCC(=O)Oc1cnc(NS(=O)(=O)c2cccc(Cl)c2C)s1. The van der Waals surface area contributed by atoms with Crippen molar-refractivity contribution in [3.63, 3.8) is 0 Å². The fourth-order valence-corrected chi connectivity index (χ4v) is 4.20. The third-order valence-electron chi connectivity index (χ3n) is 2.88. The number of ether oxygens (including phenoxy) is 1. The maximum atomic E-state index is 12.4. The van der Waals surface area contributed by atoms with Gasteiger partial charge in [0.2, 0.25) is 5.06 Å². The molecule has 0 fully saturated rings. The minimum Gasteiger partial charge on any atom is -0.414 e. The number of thiazole rings is 1. The van der Waals surface area contributed by atoms with Crippen molar-refractivity contribution in [1.29, 1.82) is 0 Å². The minimum atomic E-state index is -3.82. The van der Waals surface area contributed by atoms with Gasteiger partial charge in [-0.1, -0.05) is 35.9 Å². The molecule has 0 amide bonds. The highest BCUT2D eigenvalue weighted by molar-refractivity contribution is 7.93. The molecule has 0 atom stereocenters. The number of esters is 1. The summed E-state index contributed by atoms with van der Waals surface area (Å²) in [5, 5.41) is 0.717. The van der Waals surface area contributed by atoms with E-state index in [0.717, 1.165) is 11.3 Å². The van der Waals surface area contributed by atoms with Crippen molar-refractivity contribution in [3.8, 4) is 5.06 Å². The van der Waals surface area contributed by atoms with Crippen LogP contribution < -0.4 is 9.46 Å². The van der Waals surface area contributed by atoms with E-state index in [1.165, 1.54) is 12.3 Å². The van der Waals surface area contributed by atoms with Gasteiger partial charge in [0.15, 0.2) is 5.13 Å². The number of sulfonamides is 1. The first-order valence-electron chi connectivity index (χ1n) is 6.78. The Hall–Kier alpha value is -1.64. The number of nitrogens with zero attached hydrogens (tertiary/aromatic N) is 1. The Morgan fingerprint density at radius 1 is 1.43 bits per heavy atom. The molecule has 0 saturated carbocycles. The molecule has 0 saturated heterocycles. The highest BCUT2D eigenvalue weighted by atomic mass is 35.5. The second-order valence-electron chi connectivity index (χ2n) is 4.68. The van der Waals surface area contributed by atoms with Gasteiger partial charge in [0.1, 0.15) is 0 Å². The average molecular weight is 375 g/mol. The molecule has 0 unspecified atom stereocenters. The van der Waals surface area contributed by atoms with Crippen LogP contribution in [0.1, 0.15) is 25.3 Å². The van der Waals surface area contributed by atoms with Crippen LogP contribution in [0.5, 0.6) is 5.06 Å². The summed E-state index contributed by atoms with van der Waals surface area (Å²) < 4.78 is 32.2. The summed E-state index contributed by atoms with van der Waals surface area (Å²) >= 11 is 6.89. The molecule has 9 heteroatoms. The standard InChI is InChI=1S/C14H15ClN2O4S2/c1-3-5-12(18)21-13-8-16-14(22-13)17-23(19,20)11-7-4-6-10(15)9(11)2/h4,6-8H,3,5H2,1-2H3,(H,16,17). The van der Waals surface area contributed by atoms with E-state index in [-0.39, 0.29) is 21.1 Å². The number of nitrogens with one attached hydrogen (secondary N) is 1. The lowest BCUT2D eigenvalue weighted by molar-refractivity contribution is -0.134. The molecule has 23 heavy (non-hydrogen) atoms. The number of aromatic nitrogens is 1. The maximum Gasteiger partial charge on any atom is 0.312 e. The Bertz CT molecular complexity index is 818. The van der Waals surface area contributed by atoms with E-state index in [9.17, 15) is 13.2 Å². The fourth-order valence-electron chi connectivity index (χ4n) is 1.77. The Kier molecular flexibility index (Phi) is 5.61. The monoisotopic (exact) mass is 374 g/mol. The molecule has 1 heterocycles. The van der Waals surface area contributed by atoms with E-state index in [4.69, 9.17) is 16.3 Å². The number of carbonyl (C=O) groups is 1. The largest absolute Gasteiger partial charge is 0.414 e. The first kappa shape index (κ1) is 17.7. The summed E-state index contributed by atoms with van der Waals surface area (Å²) in [6, 6.07) is 4.63. The maximum absolute atomic E-state index is 12.4. The van der Waals surface area contributed by atoms with Crippen LogP contribution in [-0.4, -0.2) is 19.4 Å². The van der Waals surface area contributed by atoms with Crippen LogP contribution in [0.15, 0.2) is 29.3 Å². The van der Waals surface area contributed by atoms with Crippen LogP contribution >= 0.6 is 22.9 Å². The molecule has 0 aliphatic heterocycles. The molecular formula is C14H15ClN2O4S2. The van der Waals surface area contributed by atoms with E-state index in [2.05, 4.69) is 9.71 Å². The number of anilines is 1. The second kappa shape index (κ2) is 7.29. The highest BCUT2D eigenvalue weighted by Crippen LogP contribution is 2.29. The predicted octanol–water partition coefficient (Wildman–Crippen LogP) is 3.61. The zero-order valence-electron chi connectivity index (χ0n) is 12.5. The van der Waals surface area contributed by atoms with E-state index >= 15 is 0 Å². The van der Waals surface area contributed by atoms with E-state index in [1.807, 2.05) is 6.92 Å². The summed E-state index contributed by atoms with van der Waals surface area (Å²) in [4.78, 5) is 15.4. The number of hydrogen-bond acceptors (Lipinski definition) is 6. The lowest BCUT2D eigenvalue weighted by Crippen LogP contribution is -2.14. The van der Waals surface area contributed by atoms with Gasteiger partial charge in [0.25, 0.3) is 10.0 Å². The summed E-state index contributed by atoms with van der Waals surface area (Å²) in [6.45, 7) is 3.48. The minimum absolute atomic E-state index is 0.0738. The molecule has 0 bridgehead atoms. The van der Waals surface area contributed by atoms with Gasteiger partial charge in [-0.25, -0.2) is 13.4 Å². The van der Waals surface area contributed by atoms with Crippen LogP contribution in [0, 0.1) is 6.92 Å². The van der Waals surface area contributed by atoms with Crippen LogP contribution in [-0.2, 0) is 14.8 Å². The van der Waals surface area contributed by atoms with Crippen LogP contribution in [0.2, 0.25) is 5.02 Å². The topological polar surface area (TPSA) is 85.4 Å². The Labute approximate surface area is 143 Å². The van der Waals surface area contributed by atoms with Gasteiger partial charge >= 0.3 is 5.97 Å². The summed E-state index contributed by atoms with van der Waals surface area (Å²) in [6.07, 6.45) is 2.27. The van der Waals surface area contributed by atoms with Crippen LogP contribution in [0.3, 0.4) is 0 Å². The van der Waals surface area contributed by atoms with Gasteiger partial charge in [-0.2, -0.15) is 0 Å². The third kappa shape index (κ3) is 4.43. The van der Waals surface area contributed by atoms with Crippen molar-refractivity contribution in [2.24, 2.45) is 0 Å². The number of halogens is 1. The van der Waals surface area contributed by atoms with Gasteiger partial charge in [-0.3, -0.25) is 9.52 Å². The van der Waals surface area contributed by atoms with Crippen molar-refractivity contribution in [2.75, 3.05) is 4.72 Å². The van der Waals surface area contributed by atoms with Gasteiger partial charge in [-0.05, 0) is 31.0 Å². The quantitative estimate of drug-likeness (QED) is 0.780. The first-order valence-corrected chi connectivity index (χ1v) is 9.45. The van der Waals surface area contributed by atoms with Crippen molar-refractivity contribution < 1.29 is 17.9 Å². The zero-order valence-corrected chi connectivity index (χ0v) is 14.9. The van der Waals surface area contributed by atoms with Gasteiger partial charge in [0.05, 0.1) is 11.1 Å². The molecule has 0 spiro atoms. The fraction of sp³-hybridized carbons (Fsp3) is 0.286. The van der Waals surface area contributed by atoms with Crippen LogP contribution in [0.25, 0.3) is 0 Å². The lowest BCUT2D eigenvalue weighted by atomic mass is 10.2. The molecule has 2 aromatic rings. The van der Waals surface area contributed by atoms with Crippen molar-refractivity contribution in [1.82, 2.24) is 4.98 Å². The van der Waals surface area contributed by atoms with Crippen LogP contribution in [0.4, 0.5) is 5.13 Å². The van der Waals surface area contributed by atoms with Gasteiger partial charge in [0, 0.05) is 11.4 Å². The number of hydrogen-bond donors (Lipinski definition) is 1. The molecule has 1 N–H and O–H groups in total. The lowest BCUT2D eigenvalue weighted by Gasteiger charge is -2.08. The molecule has 1 aromatic heterocycles. The smallest absolute Gasteiger partial charge is 0.312 e. The number of benzene rings is 1. The summed E-state index contributed by atoms with van der Waals surface area (Å²) in [7, 11) is -3.82. The predicted molar refractivity (Wildman–Crippen MR) is 89.7 cm³/mol. The second-order valence-corrected chi connectivity index (χ2v) is 7.73. The molecule has 0 aliphatic rings. The molecule has 0 aliphatic carbocycles. The van der Waals surface area contributed by atoms with E-state index < -0.39 is 10.0 Å². The third-order valence-corrected chi connectivity index (χ3v) is 5.70. The van der Waals surface area contributed by atoms with E-state index in [1.54, 1.807) is 19.1 Å². The highest BCUT2D eigenvalue weighted by Gasteiger charge is 2.20. The normalized spacial score (nSPS) is 11.3. The molecule has 6 nitrogen and oxygen atoms in total. The van der Waals surface area contributed by atoms with Gasteiger partial charge < -0.3 is 4.74 Å². The van der Waals surface area contributed by atoms with Crippen molar-refractivity contribution in [2.45, 2.75) is 31.6 Å². The zero-order chi connectivity index (χ0) is 17.0. The summed E-state index contributed by atoms with van der Waals surface area (Å²) in [5.41, 5.74) is 0.452. The Balaban J connectivity index is 2.17. The molecule has 1 aromatic carbocycles. The van der Waals surface area contributed by atoms with Gasteiger partial charge in [-0.15, -0.1) is 0 Å². The first-order chi connectivity index (χ1) is 10.8.